The normalized spacial score (nSPS) is 25.9. The number of nitriles is 1. The number of hydrogen-bond acceptors (Lipinski definition) is 3. The maximum Gasteiger partial charge on any atom is 0.0992 e. The van der Waals surface area contributed by atoms with Gasteiger partial charge in [-0.3, -0.25) is 0 Å². The van der Waals surface area contributed by atoms with Crippen molar-refractivity contribution in [2.75, 3.05) is 6.61 Å². The highest BCUT2D eigenvalue weighted by atomic mass is 16.3. The molecule has 1 unspecified atom stereocenters. The Balaban J connectivity index is 1.89. The minimum absolute atomic E-state index is 0.196. The number of imidazole rings is 1. The molecule has 2 atom stereocenters. The van der Waals surface area contributed by atoms with Crippen molar-refractivity contribution in [3.8, 4) is 6.07 Å². The van der Waals surface area contributed by atoms with Gasteiger partial charge in [-0.25, -0.2) is 4.98 Å². The van der Waals surface area contributed by atoms with E-state index in [0.29, 0.717) is 18.1 Å². The largest absolute Gasteiger partial charge is 0.396 e. The van der Waals surface area contributed by atoms with Crippen LogP contribution in [0.15, 0.2) is 24.5 Å². The Morgan fingerprint density at radius 2 is 2.38 bits per heavy atom. The molecule has 1 saturated carbocycles. The number of aromatic nitrogens is 2. The Hall–Kier alpha value is -1.86. The van der Waals surface area contributed by atoms with Gasteiger partial charge in [0.1, 0.15) is 0 Å². The first-order valence-corrected chi connectivity index (χ1v) is 7.59. The fourth-order valence-electron chi connectivity index (χ4n) is 3.68. The topological polar surface area (TPSA) is 61.8 Å². The van der Waals surface area contributed by atoms with Gasteiger partial charge in [0.05, 0.1) is 29.0 Å². The summed E-state index contributed by atoms with van der Waals surface area (Å²) in [5, 5.41) is 18.5. The second-order valence-electron chi connectivity index (χ2n) is 6.64. The van der Waals surface area contributed by atoms with Gasteiger partial charge in [0.25, 0.3) is 0 Å². The molecule has 0 spiro atoms. The van der Waals surface area contributed by atoms with Crippen LogP contribution in [0.2, 0.25) is 0 Å². The predicted molar refractivity (Wildman–Crippen MR) is 81.6 cm³/mol. The summed E-state index contributed by atoms with van der Waals surface area (Å²) in [6.07, 6.45) is 6.43. The minimum atomic E-state index is 0.196. The van der Waals surface area contributed by atoms with Crippen LogP contribution in [0.4, 0.5) is 0 Å². The molecule has 1 aromatic carbocycles. The van der Waals surface area contributed by atoms with Gasteiger partial charge >= 0.3 is 0 Å². The van der Waals surface area contributed by atoms with Crippen LogP contribution in [0.25, 0.3) is 11.0 Å². The molecule has 0 saturated heterocycles. The van der Waals surface area contributed by atoms with E-state index >= 15 is 0 Å². The average Bonchev–Trinajstić information content (AvgIpc) is 2.88. The molecular weight excluding hydrogens is 262 g/mol. The Morgan fingerprint density at radius 1 is 1.52 bits per heavy atom. The number of aliphatic hydroxyl groups excluding tert-OH is 1. The standard InChI is InChI=1S/C17H21N3O/c1-17(6-2-3-14(8-17)10-21)11-20-12-19-15-5-4-13(9-18)7-16(15)20/h4-5,7,12,14,21H,2-3,6,8,10-11H2,1H3/t14?,17-/m0/s1. The third-order valence-corrected chi connectivity index (χ3v) is 4.73. The van der Waals surface area contributed by atoms with E-state index in [1.807, 2.05) is 24.5 Å². The van der Waals surface area contributed by atoms with Crippen molar-refractivity contribution < 1.29 is 5.11 Å². The molecule has 110 valence electrons. The molecule has 1 heterocycles. The summed E-state index contributed by atoms with van der Waals surface area (Å²) in [6, 6.07) is 7.82. The van der Waals surface area contributed by atoms with Crippen molar-refractivity contribution in [3.05, 3.63) is 30.1 Å². The van der Waals surface area contributed by atoms with Gasteiger partial charge in [-0.05, 0) is 48.8 Å². The van der Waals surface area contributed by atoms with Gasteiger partial charge in [0.15, 0.2) is 0 Å². The van der Waals surface area contributed by atoms with Crippen LogP contribution >= 0.6 is 0 Å². The lowest BCUT2D eigenvalue weighted by Crippen LogP contribution is -2.31. The highest BCUT2D eigenvalue weighted by Crippen LogP contribution is 2.40. The summed E-state index contributed by atoms with van der Waals surface area (Å²) in [7, 11) is 0. The molecule has 21 heavy (non-hydrogen) atoms. The lowest BCUT2D eigenvalue weighted by molar-refractivity contribution is 0.0935. The molecule has 4 heteroatoms. The zero-order valence-corrected chi connectivity index (χ0v) is 12.4. The smallest absolute Gasteiger partial charge is 0.0992 e. The van der Waals surface area contributed by atoms with Gasteiger partial charge in [-0.2, -0.15) is 5.26 Å². The first-order valence-electron chi connectivity index (χ1n) is 7.59. The molecule has 1 fully saturated rings. The number of aliphatic hydroxyl groups is 1. The fourth-order valence-corrected chi connectivity index (χ4v) is 3.68. The van der Waals surface area contributed by atoms with E-state index < -0.39 is 0 Å². The predicted octanol–water partition coefficient (Wildman–Crippen LogP) is 3.10. The van der Waals surface area contributed by atoms with E-state index in [9.17, 15) is 5.11 Å². The zero-order chi connectivity index (χ0) is 14.9. The van der Waals surface area contributed by atoms with Crippen LogP contribution in [0.5, 0.6) is 0 Å². The van der Waals surface area contributed by atoms with E-state index in [-0.39, 0.29) is 5.41 Å². The lowest BCUT2D eigenvalue weighted by atomic mass is 9.71. The Labute approximate surface area is 125 Å². The first kappa shape index (κ1) is 14.1. The maximum absolute atomic E-state index is 9.43. The van der Waals surface area contributed by atoms with E-state index in [1.165, 1.54) is 12.8 Å². The van der Waals surface area contributed by atoms with E-state index in [4.69, 9.17) is 5.26 Å². The molecule has 0 radical (unpaired) electrons. The summed E-state index contributed by atoms with van der Waals surface area (Å²) in [5.74, 6) is 0.424. The highest BCUT2D eigenvalue weighted by molar-refractivity contribution is 5.76. The quantitative estimate of drug-likeness (QED) is 0.941. The second kappa shape index (κ2) is 5.50. The SMILES string of the molecule is C[C@]1(Cn2cnc3ccc(C#N)cc32)CCCC(CO)C1. The number of fused-ring (bicyclic) bond motifs is 1. The molecule has 1 N–H and O–H groups in total. The van der Waals surface area contributed by atoms with Gasteiger partial charge < -0.3 is 9.67 Å². The molecular formula is C17H21N3O. The zero-order valence-electron chi connectivity index (χ0n) is 12.4. The second-order valence-corrected chi connectivity index (χ2v) is 6.64. The lowest BCUT2D eigenvalue weighted by Gasteiger charge is -2.38. The van der Waals surface area contributed by atoms with Crippen molar-refractivity contribution in [1.82, 2.24) is 9.55 Å². The van der Waals surface area contributed by atoms with Crippen molar-refractivity contribution in [3.63, 3.8) is 0 Å². The van der Waals surface area contributed by atoms with Crippen molar-refractivity contribution in [1.29, 1.82) is 5.26 Å². The number of hydrogen-bond donors (Lipinski definition) is 1. The van der Waals surface area contributed by atoms with Crippen LogP contribution in [0.3, 0.4) is 0 Å². The molecule has 2 aromatic rings. The Kier molecular flexibility index (Phi) is 3.69. The Morgan fingerprint density at radius 3 is 3.14 bits per heavy atom. The number of nitrogens with zero attached hydrogens (tertiary/aromatic N) is 3. The van der Waals surface area contributed by atoms with Crippen LogP contribution in [0, 0.1) is 22.7 Å². The maximum atomic E-state index is 9.43. The number of rotatable bonds is 3. The van der Waals surface area contributed by atoms with Crippen molar-refractivity contribution >= 4 is 11.0 Å². The molecule has 1 aliphatic rings. The monoisotopic (exact) mass is 283 g/mol. The van der Waals surface area contributed by atoms with E-state index in [1.54, 1.807) is 0 Å². The van der Waals surface area contributed by atoms with E-state index in [2.05, 4.69) is 22.5 Å². The molecule has 3 rings (SSSR count). The Bertz CT molecular complexity index is 685. The molecule has 0 bridgehead atoms. The van der Waals surface area contributed by atoms with Gasteiger partial charge in [0, 0.05) is 13.2 Å². The third kappa shape index (κ3) is 2.79. The summed E-state index contributed by atoms with van der Waals surface area (Å²) in [6.45, 7) is 3.49. The fraction of sp³-hybridized carbons (Fsp3) is 0.529. The van der Waals surface area contributed by atoms with Gasteiger partial charge in [-0.15, -0.1) is 0 Å². The van der Waals surface area contributed by atoms with Gasteiger partial charge in [0.2, 0.25) is 0 Å². The summed E-state index contributed by atoms with van der Waals surface area (Å²) < 4.78 is 2.16. The summed E-state index contributed by atoms with van der Waals surface area (Å²) >= 11 is 0. The molecule has 4 nitrogen and oxygen atoms in total. The van der Waals surface area contributed by atoms with Crippen LogP contribution in [-0.4, -0.2) is 21.3 Å². The number of benzene rings is 1. The van der Waals surface area contributed by atoms with Gasteiger partial charge in [-0.1, -0.05) is 13.3 Å². The first-order chi connectivity index (χ1) is 10.1. The molecule has 1 aromatic heterocycles. The molecule has 1 aliphatic carbocycles. The average molecular weight is 283 g/mol. The summed E-state index contributed by atoms with van der Waals surface area (Å²) in [4.78, 5) is 4.43. The minimum Gasteiger partial charge on any atom is -0.396 e. The van der Waals surface area contributed by atoms with Crippen LogP contribution < -0.4 is 0 Å². The van der Waals surface area contributed by atoms with Crippen LogP contribution in [-0.2, 0) is 6.54 Å². The van der Waals surface area contributed by atoms with Crippen molar-refractivity contribution in [2.45, 2.75) is 39.2 Å². The highest BCUT2D eigenvalue weighted by Gasteiger charge is 2.32. The summed E-state index contributed by atoms with van der Waals surface area (Å²) in [5.41, 5.74) is 2.84. The van der Waals surface area contributed by atoms with Crippen molar-refractivity contribution in [2.24, 2.45) is 11.3 Å². The van der Waals surface area contributed by atoms with E-state index in [0.717, 1.165) is 30.4 Å². The molecule has 0 amide bonds. The van der Waals surface area contributed by atoms with Crippen LogP contribution in [0.1, 0.15) is 38.2 Å². The molecule has 0 aliphatic heterocycles. The third-order valence-electron chi connectivity index (χ3n) is 4.73.